The van der Waals surface area contributed by atoms with Crippen LogP contribution in [0.5, 0.6) is 0 Å². The molecule has 10 heteroatoms. The van der Waals surface area contributed by atoms with E-state index in [1.807, 2.05) is 44.2 Å². The predicted octanol–water partition coefficient (Wildman–Crippen LogP) is 8.59. The van der Waals surface area contributed by atoms with Gasteiger partial charge in [0.15, 0.2) is 0 Å². The summed E-state index contributed by atoms with van der Waals surface area (Å²) in [7, 11) is 0. The normalized spacial score (nSPS) is 14.4. The molecule has 0 bridgehead atoms. The molecule has 0 spiro atoms. The molecule has 0 saturated carbocycles. The Morgan fingerprint density at radius 3 is 2.10 bits per heavy atom. The van der Waals surface area contributed by atoms with Gasteiger partial charge in [0.05, 0.1) is 23.2 Å². The number of carbonyl (C=O) groups is 1. The van der Waals surface area contributed by atoms with Gasteiger partial charge in [0.25, 0.3) is 0 Å². The largest absolute Gasteiger partial charge is 0.459 e. The lowest BCUT2D eigenvalue weighted by atomic mass is 9.89. The molecule has 0 radical (unpaired) electrons. The second-order valence-corrected chi connectivity index (χ2v) is 11.1. The van der Waals surface area contributed by atoms with Crippen LogP contribution in [0.25, 0.3) is 10.9 Å². The van der Waals surface area contributed by atoms with Crippen LogP contribution in [0.2, 0.25) is 0 Å². The molecule has 2 atom stereocenters. The van der Waals surface area contributed by atoms with Gasteiger partial charge in [-0.3, -0.25) is 14.7 Å². The van der Waals surface area contributed by atoms with E-state index in [0.717, 1.165) is 17.3 Å². The number of ether oxygens (including phenoxy) is 1. The Morgan fingerprint density at radius 1 is 0.950 bits per heavy atom. The van der Waals surface area contributed by atoms with Crippen molar-refractivity contribution < 1.29 is 35.9 Å². The van der Waals surface area contributed by atoms with E-state index in [1.54, 1.807) is 31.9 Å². The minimum absolute atomic E-state index is 0.103. The summed E-state index contributed by atoms with van der Waals surface area (Å²) < 4.78 is 87.1. The van der Waals surface area contributed by atoms with Crippen LogP contribution in [0.3, 0.4) is 0 Å². The van der Waals surface area contributed by atoms with Crippen molar-refractivity contribution in [3.63, 3.8) is 0 Å². The van der Waals surface area contributed by atoms with E-state index in [1.165, 1.54) is 0 Å². The van der Waals surface area contributed by atoms with Crippen LogP contribution in [0.4, 0.5) is 26.3 Å². The summed E-state index contributed by atoms with van der Waals surface area (Å²) >= 11 is 0. The van der Waals surface area contributed by atoms with Gasteiger partial charge < -0.3 is 4.74 Å². The van der Waals surface area contributed by atoms with Crippen LogP contribution in [0.1, 0.15) is 75.8 Å². The molecule has 1 heterocycles. The summed E-state index contributed by atoms with van der Waals surface area (Å²) in [4.78, 5) is 19.1. The molecule has 4 nitrogen and oxygen atoms in total. The number of carbonyl (C=O) groups excluding carboxylic acids is 1. The zero-order chi connectivity index (χ0) is 29.9. The number of aromatic nitrogens is 1. The fourth-order valence-corrected chi connectivity index (χ4v) is 4.90. The Labute approximate surface area is 230 Å². The average Bonchev–Trinajstić information content (AvgIpc) is 2.81. The van der Waals surface area contributed by atoms with E-state index in [9.17, 15) is 31.1 Å². The number of nitrogens with zero attached hydrogens (tertiary/aromatic N) is 2. The number of alkyl halides is 6. The van der Waals surface area contributed by atoms with Gasteiger partial charge in [-0.1, -0.05) is 38.5 Å². The van der Waals surface area contributed by atoms with Crippen LogP contribution in [0.15, 0.2) is 54.7 Å². The second kappa shape index (κ2) is 12.2. The highest BCUT2D eigenvalue weighted by Gasteiger charge is 2.38. The zero-order valence-corrected chi connectivity index (χ0v) is 23.2. The minimum Gasteiger partial charge on any atom is -0.459 e. The van der Waals surface area contributed by atoms with Gasteiger partial charge in [0.2, 0.25) is 0 Å². The summed E-state index contributed by atoms with van der Waals surface area (Å²) in [6.07, 6.45) is -6.85. The first-order chi connectivity index (χ1) is 18.5. The molecule has 0 saturated heterocycles. The average molecular weight is 569 g/mol. The Hall–Kier alpha value is -3.14. The maximum atomic E-state index is 13.6. The molecule has 3 aromatic rings. The summed E-state index contributed by atoms with van der Waals surface area (Å²) in [5, 5.41) is 0.823. The molecule has 3 rings (SSSR count). The van der Waals surface area contributed by atoms with Crippen LogP contribution in [0, 0.1) is 5.92 Å². The first-order valence-corrected chi connectivity index (χ1v) is 13.1. The highest BCUT2D eigenvalue weighted by atomic mass is 19.4. The number of hydrogen-bond donors (Lipinski definition) is 0. The molecule has 1 aromatic heterocycles. The fraction of sp³-hybridized carbons (Fsp3) is 0.467. The Morgan fingerprint density at radius 2 is 1.55 bits per heavy atom. The van der Waals surface area contributed by atoms with Gasteiger partial charge >= 0.3 is 18.3 Å². The molecule has 0 fully saturated rings. The van der Waals surface area contributed by atoms with E-state index >= 15 is 0 Å². The van der Waals surface area contributed by atoms with E-state index < -0.39 is 41.1 Å². The number of fused-ring (bicyclic) bond motifs is 1. The Bertz CT molecular complexity index is 1280. The van der Waals surface area contributed by atoms with Gasteiger partial charge in [0, 0.05) is 24.2 Å². The van der Waals surface area contributed by atoms with Crippen LogP contribution < -0.4 is 0 Å². The molecular formula is C30H34F6N2O2. The molecule has 0 aliphatic carbocycles. The number of hydrogen-bond acceptors (Lipinski definition) is 4. The van der Waals surface area contributed by atoms with Crippen molar-refractivity contribution in [2.75, 3.05) is 6.54 Å². The number of pyridine rings is 1. The van der Waals surface area contributed by atoms with E-state index in [-0.39, 0.29) is 30.6 Å². The fourth-order valence-electron chi connectivity index (χ4n) is 4.90. The van der Waals surface area contributed by atoms with Crippen molar-refractivity contribution in [1.82, 2.24) is 9.88 Å². The maximum Gasteiger partial charge on any atom is 0.416 e. The first-order valence-electron chi connectivity index (χ1n) is 13.1. The second-order valence-electron chi connectivity index (χ2n) is 11.1. The van der Waals surface area contributed by atoms with E-state index in [4.69, 9.17) is 4.74 Å². The van der Waals surface area contributed by atoms with Crippen molar-refractivity contribution in [3.05, 3.63) is 77.0 Å². The quantitative estimate of drug-likeness (QED) is 0.192. The van der Waals surface area contributed by atoms with Crippen molar-refractivity contribution >= 4 is 16.9 Å². The highest BCUT2D eigenvalue weighted by molar-refractivity contribution is 5.79. The lowest BCUT2D eigenvalue weighted by molar-refractivity contribution is -0.157. The first kappa shape index (κ1) is 31.4. The lowest BCUT2D eigenvalue weighted by Gasteiger charge is -2.36. The SMILES string of the molecule is CCCC(C)C(c1cnc2ccccc2c1)N(CC(=O)OC(C)(C)C)Cc1cc(C(F)(F)F)cc(C(F)(F)F)c1. The van der Waals surface area contributed by atoms with Crippen molar-refractivity contribution in [3.8, 4) is 0 Å². The summed E-state index contributed by atoms with van der Waals surface area (Å²) in [5.41, 5.74) is -2.42. The molecule has 40 heavy (non-hydrogen) atoms. The monoisotopic (exact) mass is 568 g/mol. The lowest BCUT2D eigenvalue weighted by Crippen LogP contribution is -2.39. The molecule has 0 aliphatic rings. The minimum atomic E-state index is -4.98. The van der Waals surface area contributed by atoms with Crippen molar-refractivity contribution in [2.24, 2.45) is 5.92 Å². The number of halogens is 6. The zero-order valence-electron chi connectivity index (χ0n) is 23.2. The third-order valence-electron chi connectivity index (χ3n) is 6.41. The molecule has 218 valence electrons. The molecule has 0 N–H and O–H groups in total. The third kappa shape index (κ3) is 8.43. The summed E-state index contributed by atoms with van der Waals surface area (Å²) in [5.74, 6) is -0.763. The van der Waals surface area contributed by atoms with Gasteiger partial charge in [-0.05, 0) is 74.6 Å². The van der Waals surface area contributed by atoms with Gasteiger partial charge in [-0.15, -0.1) is 0 Å². The Kier molecular flexibility index (Phi) is 9.54. The van der Waals surface area contributed by atoms with Crippen LogP contribution in [-0.2, 0) is 28.4 Å². The topological polar surface area (TPSA) is 42.4 Å². The summed E-state index contributed by atoms with van der Waals surface area (Å²) in [6, 6.07) is 10.3. The van der Waals surface area contributed by atoms with Gasteiger partial charge in [0.1, 0.15) is 5.60 Å². The standard InChI is InChI=1S/C30H34F6N2O2/c1-6-9-19(2)27(22-14-21-10-7-8-11-25(21)37-16-22)38(18-26(39)40-28(3,4)5)17-20-12-23(29(31,32)33)15-24(13-20)30(34,35)36/h7-8,10-16,19,27H,6,9,17-18H2,1-5H3. The van der Waals surface area contributed by atoms with E-state index in [2.05, 4.69) is 4.98 Å². The smallest absolute Gasteiger partial charge is 0.416 e. The molecule has 2 aromatic carbocycles. The molecule has 2 unspecified atom stereocenters. The molecule has 0 amide bonds. The maximum absolute atomic E-state index is 13.6. The van der Waals surface area contributed by atoms with Gasteiger partial charge in [-0.2, -0.15) is 26.3 Å². The number of esters is 1. The number of benzene rings is 2. The number of para-hydroxylation sites is 1. The number of rotatable bonds is 9. The Balaban J connectivity index is 2.16. The van der Waals surface area contributed by atoms with E-state index in [0.29, 0.717) is 24.1 Å². The van der Waals surface area contributed by atoms with Crippen molar-refractivity contribution in [1.29, 1.82) is 0 Å². The predicted molar refractivity (Wildman–Crippen MR) is 141 cm³/mol. The molecular weight excluding hydrogens is 534 g/mol. The van der Waals surface area contributed by atoms with Gasteiger partial charge in [-0.25, -0.2) is 0 Å². The van der Waals surface area contributed by atoms with Crippen LogP contribution >= 0.6 is 0 Å². The third-order valence-corrected chi connectivity index (χ3v) is 6.41. The summed E-state index contributed by atoms with van der Waals surface area (Å²) in [6.45, 7) is 8.27. The molecule has 0 aliphatic heterocycles. The van der Waals surface area contributed by atoms with Crippen molar-refractivity contribution in [2.45, 2.75) is 78.0 Å². The van der Waals surface area contributed by atoms with Crippen LogP contribution in [-0.4, -0.2) is 28.0 Å². The highest BCUT2D eigenvalue weighted by Crippen LogP contribution is 2.38.